The van der Waals surface area contributed by atoms with E-state index in [0.717, 1.165) is 0 Å². The van der Waals surface area contributed by atoms with Gasteiger partial charge in [-0.2, -0.15) is 5.10 Å². The fourth-order valence-electron chi connectivity index (χ4n) is 1.55. The van der Waals surface area contributed by atoms with Gasteiger partial charge >= 0.3 is 0 Å². The van der Waals surface area contributed by atoms with Gasteiger partial charge < -0.3 is 10.1 Å². The second-order valence-corrected chi connectivity index (χ2v) is 4.86. The normalized spacial score (nSPS) is 23.8. The molecule has 0 radical (unpaired) electrons. The molecule has 2 rings (SSSR count). The highest BCUT2D eigenvalue weighted by Gasteiger charge is 2.25. The molecule has 2 heterocycles. The van der Waals surface area contributed by atoms with Gasteiger partial charge in [0, 0.05) is 32.8 Å². The summed E-state index contributed by atoms with van der Waals surface area (Å²) in [7, 11) is 3.11. The van der Waals surface area contributed by atoms with E-state index >= 15 is 0 Å². The Labute approximate surface area is 109 Å². The number of nitrogens with zero attached hydrogens (tertiary/aromatic N) is 3. The van der Waals surface area contributed by atoms with Crippen molar-refractivity contribution in [1.29, 1.82) is 0 Å². The lowest BCUT2D eigenvalue weighted by molar-refractivity contribution is -0.130. The van der Waals surface area contributed by atoms with Crippen LogP contribution >= 0.6 is 11.8 Å². The summed E-state index contributed by atoms with van der Waals surface area (Å²) in [6, 6.07) is 0. The molecule has 0 bridgehead atoms. The number of hydrogen-bond acceptors (Lipinski definition) is 6. The largest absolute Gasteiger partial charge is 0.359 e. The van der Waals surface area contributed by atoms with Gasteiger partial charge in [0.2, 0.25) is 5.91 Å². The molecule has 0 aromatic heterocycles. The van der Waals surface area contributed by atoms with E-state index in [1.54, 1.807) is 7.11 Å². The van der Waals surface area contributed by atoms with Gasteiger partial charge in [0.15, 0.2) is 11.4 Å². The Morgan fingerprint density at radius 3 is 2.94 bits per heavy atom. The summed E-state index contributed by atoms with van der Waals surface area (Å²) < 4.78 is 5.06. The molecule has 1 N–H and O–H groups in total. The van der Waals surface area contributed by atoms with Crippen LogP contribution in [0.5, 0.6) is 0 Å². The SMILES string of the molecule is COC1CSC(NC(=O)C2=NN(C)C(=O)CC2)=N1. The Hall–Kier alpha value is -1.41. The molecule has 0 aliphatic carbocycles. The third kappa shape index (κ3) is 2.88. The highest BCUT2D eigenvalue weighted by Crippen LogP contribution is 2.17. The standard InChI is InChI=1S/C10H14N4O3S/c1-14-8(15)4-3-6(13-14)9(16)12-10-11-7(17-2)5-18-10/h7H,3-5H2,1-2H3,(H,11,12,16). The summed E-state index contributed by atoms with van der Waals surface area (Å²) in [5.41, 5.74) is 0.348. The van der Waals surface area contributed by atoms with Crippen LogP contribution in [0.4, 0.5) is 0 Å². The monoisotopic (exact) mass is 270 g/mol. The molecule has 0 aromatic rings. The number of amidine groups is 1. The Bertz CT molecular complexity index is 435. The lowest BCUT2D eigenvalue weighted by Crippen LogP contribution is -2.39. The van der Waals surface area contributed by atoms with Crippen molar-refractivity contribution < 1.29 is 14.3 Å². The minimum absolute atomic E-state index is 0.0846. The maximum Gasteiger partial charge on any atom is 0.273 e. The van der Waals surface area contributed by atoms with Crippen LogP contribution in [0.3, 0.4) is 0 Å². The van der Waals surface area contributed by atoms with E-state index in [1.165, 1.54) is 23.8 Å². The molecule has 1 unspecified atom stereocenters. The van der Waals surface area contributed by atoms with Gasteiger partial charge in [0.05, 0.1) is 0 Å². The van der Waals surface area contributed by atoms with Crippen molar-refractivity contribution in [2.24, 2.45) is 10.1 Å². The van der Waals surface area contributed by atoms with Gasteiger partial charge in [-0.1, -0.05) is 11.8 Å². The van der Waals surface area contributed by atoms with Crippen LogP contribution in [-0.2, 0) is 14.3 Å². The molecule has 1 atom stereocenters. The first-order valence-corrected chi connectivity index (χ1v) is 6.47. The maximum absolute atomic E-state index is 11.9. The summed E-state index contributed by atoms with van der Waals surface area (Å²) in [6.07, 6.45) is 0.465. The van der Waals surface area contributed by atoms with E-state index < -0.39 is 0 Å². The van der Waals surface area contributed by atoms with E-state index in [0.29, 0.717) is 29.5 Å². The first-order valence-electron chi connectivity index (χ1n) is 5.49. The van der Waals surface area contributed by atoms with Gasteiger partial charge in [-0.15, -0.1) is 0 Å². The molecule has 2 amide bonds. The molecule has 7 nitrogen and oxygen atoms in total. The quantitative estimate of drug-likeness (QED) is 0.752. The summed E-state index contributed by atoms with van der Waals surface area (Å²) in [5, 5.41) is 8.34. The summed E-state index contributed by atoms with van der Waals surface area (Å²) in [5.74, 6) is 0.299. The number of hydrogen-bond donors (Lipinski definition) is 1. The Balaban J connectivity index is 1.97. The number of hydrazone groups is 1. The number of rotatable bonds is 2. The fourth-order valence-corrected chi connectivity index (χ4v) is 2.41. The van der Waals surface area contributed by atoms with Crippen LogP contribution in [0.2, 0.25) is 0 Å². The van der Waals surface area contributed by atoms with E-state index in [9.17, 15) is 9.59 Å². The van der Waals surface area contributed by atoms with Crippen LogP contribution in [0.15, 0.2) is 10.1 Å². The third-order valence-electron chi connectivity index (χ3n) is 2.59. The molecule has 2 aliphatic rings. The lowest BCUT2D eigenvalue weighted by atomic mass is 10.1. The molecule has 0 saturated heterocycles. The second kappa shape index (κ2) is 5.49. The molecule has 0 spiro atoms. The lowest BCUT2D eigenvalue weighted by Gasteiger charge is -2.18. The number of carbonyl (C=O) groups is 2. The molecule has 0 saturated carbocycles. The van der Waals surface area contributed by atoms with Gasteiger partial charge in [0.1, 0.15) is 5.71 Å². The van der Waals surface area contributed by atoms with Crippen molar-refractivity contribution in [2.75, 3.05) is 19.9 Å². The van der Waals surface area contributed by atoms with Crippen LogP contribution in [0, 0.1) is 0 Å². The highest BCUT2D eigenvalue weighted by atomic mass is 32.2. The summed E-state index contributed by atoms with van der Waals surface area (Å²) in [6.45, 7) is 0. The van der Waals surface area contributed by atoms with E-state index in [4.69, 9.17) is 4.74 Å². The average Bonchev–Trinajstić information content (AvgIpc) is 2.80. The molecular formula is C10H14N4O3S. The average molecular weight is 270 g/mol. The predicted octanol–water partition coefficient (Wildman–Crippen LogP) is -0.214. The molecule has 0 aromatic carbocycles. The number of ether oxygens (including phenoxy) is 1. The summed E-state index contributed by atoms with van der Waals surface area (Å²) >= 11 is 1.43. The van der Waals surface area contributed by atoms with E-state index in [-0.39, 0.29) is 18.0 Å². The number of thioether (sulfide) groups is 1. The van der Waals surface area contributed by atoms with Gasteiger partial charge in [0.25, 0.3) is 5.91 Å². The zero-order chi connectivity index (χ0) is 13.1. The molecular weight excluding hydrogens is 256 g/mol. The fraction of sp³-hybridized carbons (Fsp3) is 0.600. The van der Waals surface area contributed by atoms with Crippen molar-refractivity contribution in [3.63, 3.8) is 0 Å². The first-order chi connectivity index (χ1) is 8.60. The minimum Gasteiger partial charge on any atom is -0.359 e. The predicted molar refractivity (Wildman–Crippen MR) is 68.3 cm³/mol. The highest BCUT2D eigenvalue weighted by molar-refractivity contribution is 8.14. The van der Waals surface area contributed by atoms with Crippen molar-refractivity contribution in [3.8, 4) is 0 Å². The smallest absolute Gasteiger partial charge is 0.273 e. The molecule has 0 fully saturated rings. The second-order valence-electron chi connectivity index (χ2n) is 3.85. The van der Waals surface area contributed by atoms with Crippen LogP contribution in [0.25, 0.3) is 0 Å². The van der Waals surface area contributed by atoms with Crippen LogP contribution in [0.1, 0.15) is 12.8 Å². The van der Waals surface area contributed by atoms with Crippen molar-refractivity contribution in [2.45, 2.75) is 19.1 Å². The number of amides is 2. The van der Waals surface area contributed by atoms with Crippen LogP contribution < -0.4 is 5.32 Å². The molecule has 2 aliphatic heterocycles. The number of nitrogens with one attached hydrogen (secondary N) is 1. The first kappa shape index (κ1) is 13.0. The maximum atomic E-state index is 11.9. The summed E-state index contributed by atoms with van der Waals surface area (Å²) in [4.78, 5) is 27.3. The topological polar surface area (TPSA) is 83.4 Å². The third-order valence-corrected chi connectivity index (χ3v) is 3.52. The Morgan fingerprint density at radius 2 is 2.33 bits per heavy atom. The number of methoxy groups -OCH3 is 1. The minimum atomic E-state index is -0.308. The Kier molecular flexibility index (Phi) is 3.97. The number of aliphatic imine (C=N–C) groups is 1. The van der Waals surface area contributed by atoms with Crippen molar-refractivity contribution >= 4 is 34.5 Å². The van der Waals surface area contributed by atoms with Gasteiger partial charge in [-0.05, 0) is 0 Å². The molecule has 18 heavy (non-hydrogen) atoms. The van der Waals surface area contributed by atoms with E-state index in [1.807, 2.05) is 0 Å². The number of carbonyl (C=O) groups excluding carboxylic acids is 2. The van der Waals surface area contributed by atoms with Gasteiger partial charge in [-0.3, -0.25) is 9.59 Å². The van der Waals surface area contributed by atoms with Gasteiger partial charge in [-0.25, -0.2) is 10.0 Å². The Morgan fingerprint density at radius 1 is 1.56 bits per heavy atom. The van der Waals surface area contributed by atoms with Crippen molar-refractivity contribution in [3.05, 3.63) is 0 Å². The molecule has 98 valence electrons. The van der Waals surface area contributed by atoms with Crippen molar-refractivity contribution in [1.82, 2.24) is 10.3 Å². The van der Waals surface area contributed by atoms with Crippen LogP contribution in [-0.4, -0.2) is 53.8 Å². The molecule has 8 heteroatoms. The zero-order valence-electron chi connectivity index (χ0n) is 10.2. The van der Waals surface area contributed by atoms with E-state index in [2.05, 4.69) is 15.4 Å². The zero-order valence-corrected chi connectivity index (χ0v) is 11.0.